The number of halogens is 4. The molecule has 7 heteroatoms. The molecule has 3 nitrogen and oxygen atoms in total. The molecule has 0 saturated heterocycles. The Kier molecular flexibility index (Phi) is 4.25. The fourth-order valence-corrected chi connectivity index (χ4v) is 2.47. The monoisotopic (exact) mass is 360 g/mol. The third kappa shape index (κ3) is 3.08. The maximum atomic E-state index is 13.1. The average molecular weight is 362 g/mol. The smallest absolute Gasteiger partial charge is 0.257 e. The third-order valence-electron chi connectivity index (χ3n) is 2.51. The van der Waals surface area contributed by atoms with Crippen molar-refractivity contribution in [2.75, 3.05) is 11.1 Å². The van der Waals surface area contributed by atoms with Crippen LogP contribution in [0.15, 0.2) is 34.8 Å². The van der Waals surface area contributed by atoms with Crippen molar-refractivity contribution in [1.29, 1.82) is 0 Å². The lowest BCUT2D eigenvalue weighted by Gasteiger charge is -2.11. The van der Waals surface area contributed by atoms with Gasteiger partial charge in [0.25, 0.3) is 5.91 Å². The van der Waals surface area contributed by atoms with E-state index in [0.717, 1.165) is 24.3 Å². The van der Waals surface area contributed by atoms with Gasteiger partial charge in [-0.05, 0) is 46.3 Å². The molecule has 2 rings (SSSR count). The summed E-state index contributed by atoms with van der Waals surface area (Å²) in [5, 5.41) is 2.47. The summed E-state index contributed by atoms with van der Waals surface area (Å²) in [6.45, 7) is 0. The molecule has 0 heterocycles. The van der Waals surface area contributed by atoms with Crippen LogP contribution in [0.5, 0.6) is 0 Å². The maximum Gasteiger partial charge on any atom is 0.257 e. The molecule has 0 radical (unpaired) electrons. The minimum absolute atomic E-state index is 0.0141. The van der Waals surface area contributed by atoms with Gasteiger partial charge in [0.2, 0.25) is 0 Å². The Balaban J connectivity index is 2.35. The van der Waals surface area contributed by atoms with Crippen molar-refractivity contribution < 1.29 is 13.6 Å². The fraction of sp³-hybridized carbons (Fsp3) is 0. The normalized spacial score (nSPS) is 10.4. The Morgan fingerprint density at radius 2 is 1.90 bits per heavy atom. The number of hydrogen-bond donors (Lipinski definition) is 2. The van der Waals surface area contributed by atoms with Crippen molar-refractivity contribution in [3.63, 3.8) is 0 Å². The average Bonchev–Trinajstić information content (AvgIpc) is 2.36. The summed E-state index contributed by atoms with van der Waals surface area (Å²) in [6, 6.07) is 5.64. The van der Waals surface area contributed by atoms with Gasteiger partial charge in [-0.1, -0.05) is 11.6 Å². The summed E-state index contributed by atoms with van der Waals surface area (Å²) < 4.78 is 26.5. The van der Waals surface area contributed by atoms with Crippen LogP contribution in [0.4, 0.5) is 20.2 Å². The highest BCUT2D eigenvalue weighted by Gasteiger charge is 2.15. The van der Waals surface area contributed by atoms with Crippen LogP contribution in [0.25, 0.3) is 0 Å². The minimum Gasteiger partial charge on any atom is -0.398 e. The maximum absolute atomic E-state index is 13.1. The van der Waals surface area contributed by atoms with Gasteiger partial charge >= 0.3 is 0 Å². The van der Waals surface area contributed by atoms with Gasteiger partial charge in [0.1, 0.15) is 11.6 Å². The van der Waals surface area contributed by atoms with Crippen LogP contribution < -0.4 is 11.1 Å². The molecule has 0 bridgehead atoms. The molecule has 0 aliphatic rings. The van der Waals surface area contributed by atoms with E-state index < -0.39 is 17.5 Å². The van der Waals surface area contributed by atoms with Crippen LogP contribution in [0, 0.1) is 11.6 Å². The molecule has 0 fully saturated rings. The highest BCUT2D eigenvalue weighted by Crippen LogP contribution is 2.32. The van der Waals surface area contributed by atoms with Crippen molar-refractivity contribution in [2.45, 2.75) is 0 Å². The fourth-order valence-electron chi connectivity index (χ4n) is 1.57. The van der Waals surface area contributed by atoms with Crippen molar-refractivity contribution in [3.8, 4) is 0 Å². The lowest BCUT2D eigenvalue weighted by molar-refractivity contribution is 0.102. The van der Waals surface area contributed by atoms with Gasteiger partial charge in [0.05, 0.1) is 16.3 Å². The van der Waals surface area contributed by atoms with Gasteiger partial charge in [-0.2, -0.15) is 0 Å². The zero-order valence-electron chi connectivity index (χ0n) is 9.88. The number of amides is 1. The SMILES string of the molecule is Nc1ccc(F)cc1C(=O)Nc1c(Cl)cc(F)cc1Br. The Morgan fingerprint density at radius 3 is 2.55 bits per heavy atom. The van der Waals surface area contributed by atoms with Crippen LogP contribution in [-0.4, -0.2) is 5.91 Å². The molecule has 0 aliphatic carbocycles. The zero-order chi connectivity index (χ0) is 14.9. The van der Waals surface area contributed by atoms with Gasteiger partial charge in [-0.25, -0.2) is 8.78 Å². The second kappa shape index (κ2) is 5.76. The molecule has 2 aromatic carbocycles. The quantitative estimate of drug-likeness (QED) is 0.787. The number of anilines is 2. The standard InChI is InChI=1S/C13H8BrClF2N2O/c14-9-4-7(17)5-10(15)12(9)19-13(20)8-3-6(16)1-2-11(8)18/h1-5H,18H2,(H,19,20). The van der Waals surface area contributed by atoms with E-state index in [1.165, 1.54) is 6.07 Å². The van der Waals surface area contributed by atoms with Crippen molar-refractivity contribution in [1.82, 2.24) is 0 Å². The Hall–Kier alpha value is -1.66. The largest absolute Gasteiger partial charge is 0.398 e. The summed E-state index contributed by atoms with van der Waals surface area (Å²) >= 11 is 8.93. The number of nitrogens with one attached hydrogen (secondary N) is 1. The lowest BCUT2D eigenvalue weighted by atomic mass is 10.1. The Labute approximate surface area is 126 Å². The highest BCUT2D eigenvalue weighted by atomic mass is 79.9. The molecule has 0 aliphatic heterocycles. The third-order valence-corrected chi connectivity index (χ3v) is 3.43. The highest BCUT2D eigenvalue weighted by molar-refractivity contribution is 9.10. The first-order valence-electron chi connectivity index (χ1n) is 5.39. The summed E-state index contributed by atoms with van der Waals surface area (Å²) in [4.78, 5) is 12.0. The molecule has 3 N–H and O–H groups in total. The van der Waals surface area contributed by atoms with E-state index >= 15 is 0 Å². The summed E-state index contributed by atoms with van der Waals surface area (Å²) in [5.41, 5.74) is 5.89. The number of nitrogens with two attached hydrogens (primary N) is 1. The Bertz CT molecular complexity index is 671. The Morgan fingerprint density at radius 1 is 1.20 bits per heavy atom. The molecular weight excluding hydrogens is 354 g/mol. The summed E-state index contributed by atoms with van der Waals surface area (Å²) in [6.07, 6.45) is 0. The van der Waals surface area contributed by atoms with E-state index in [-0.39, 0.29) is 26.4 Å². The summed E-state index contributed by atoms with van der Waals surface area (Å²) in [7, 11) is 0. The van der Waals surface area contributed by atoms with Gasteiger partial charge in [0.15, 0.2) is 0 Å². The first-order chi connectivity index (χ1) is 9.38. The lowest BCUT2D eigenvalue weighted by Crippen LogP contribution is -2.15. The van der Waals surface area contributed by atoms with Gasteiger partial charge in [0, 0.05) is 10.2 Å². The number of benzene rings is 2. The number of rotatable bonds is 2. The first-order valence-corrected chi connectivity index (χ1v) is 6.56. The molecule has 1 amide bonds. The molecule has 0 spiro atoms. The van der Waals surface area contributed by atoms with Crippen molar-refractivity contribution in [2.24, 2.45) is 0 Å². The van der Waals surface area contributed by atoms with Crippen LogP contribution in [0.3, 0.4) is 0 Å². The summed E-state index contributed by atoms with van der Waals surface area (Å²) in [5.74, 6) is -1.78. The topological polar surface area (TPSA) is 55.1 Å². The van der Waals surface area contributed by atoms with Crippen LogP contribution in [-0.2, 0) is 0 Å². The van der Waals surface area contributed by atoms with E-state index in [1.54, 1.807) is 0 Å². The van der Waals surface area contributed by atoms with E-state index in [2.05, 4.69) is 21.2 Å². The molecule has 0 saturated carbocycles. The molecule has 0 unspecified atom stereocenters. The van der Waals surface area contributed by atoms with Gasteiger partial charge in [-0.15, -0.1) is 0 Å². The molecule has 20 heavy (non-hydrogen) atoms. The second-order valence-electron chi connectivity index (χ2n) is 3.93. The van der Waals surface area contributed by atoms with Crippen molar-refractivity contribution in [3.05, 3.63) is 57.0 Å². The van der Waals surface area contributed by atoms with Crippen LogP contribution in [0.2, 0.25) is 5.02 Å². The minimum atomic E-state index is -0.642. The molecule has 0 aromatic heterocycles. The molecular formula is C13H8BrClF2N2O. The van der Waals surface area contributed by atoms with E-state index in [1.807, 2.05) is 0 Å². The van der Waals surface area contributed by atoms with Crippen molar-refractivity contribution >= 4 is 44.8 Å². The van der Waals surface area contributed by atoms with Gasteiger partial charge < -0.3 is 11.1 Å². The number of hydrogen-bond acceptors (Lipinski definition) is 2. The first kappa shape index (κ1) is 14.7. The predicted octanol–water partition coefficient (Wildman–Crippen LogP) is 4.22. The van der Waals surface area contributed by atoms with Gasteiger partial charge in [-0.3, -0.25) is 4.79 Å². The van der Waals surface area contributed by atoms with E-state index in [4.69, 9.17) is 17.3 Å². The molecule has 104 valence electrons. The van der Waals surface area contributed by atoms with E-state index in [9.17, 15) is 13.6 Å². The number of carbonyl (C=O) groups excluding carboxylic acids is 1. The number of carbonyl (C=O) groups is 1. The zero-order valence-corrected chi connectivity index (χ0v) is 12.2. The molecule has 2 aromatic rings. The molecule has 0 atom stereocenters. The van der Waals surface area contributed by atoms with E-state index in [0.29, 0.717) is 0 Å². The second-order valence-corrected chi connectivity index (χ2v) is 5.19. The van der Waals surface area contributed by atoms with Crippen LogP contribution in [0.1, 0.15) is 10.4 Å². The number of nitrogen functional groups attached to an aromatic ring is 1. The predicted molar refractivity (Wildman–Crippen MR) is 77.9 cm³/mol. The van der Waals surface area contributed by atoms with Crippen LogP contribution >= 0.6 is 27.5 Å².